The van der Waals surface area contributed by atoms with Gasteiger partial charge in [-0.3, -0.25) is 4.79 Å². The number of piperidine rings is 1. The van der Waals surface area contributed by atoms with Crippen molar-refractivity contribution in [1.82, 2.24) is 4.90 Å². The van der Waals surface area contributed by atoms with Gasteiger partial charge >= 0.3 is 0 Å². The zero-order valence-electron chi connectivity index (χ0n) is 12.4. The smallest absolute Gasteiger partial charge is 0.227 e. The first-order valence-corrected chi connectivity index (χ1v) is 9.59. The molecule has 3 nitrogen and oxygen atoms in total. The van der Waals surface area contributed by atoms with Crippen molar-refractivity contribution in [2.45, 2.75) is 31.3 Å². The zero-order chi connectivity index (χ0) is 15.0. The lowest BCUT2D eigenvalue weighted by Gasteiger charge is -2.44. The van der Waals surface area contributed by atoms with Gasteiger partial charge in [-0.2, -0.15) is 11.3 Å². The third-order valence-electron chi connectivity index (χ3n) is 4.80. The van der Waals surface area contributed by atoms with E-state index in [0.29, 0.717) is 6.42 Å². The first kappa shape index (κ1) is 14.4. The number of thiophene rings is 2. The van der Waals surface area contributed by atoms with Crippen LogP contribution in [0, 0.1) is 0 Å². The predicted octanol–water partition coefficient (Wildman–Crippen LogP) is 3.44. The van der Waals surface area contributed by atoms with Gasteiger partial charge in [0, 0.05) is 24.4 Å². The van der Waals surface area contributed by atoms with Crippen LogP contribution in [0.3, 0.4) is 0 Å². The minimum absolute atomic E-state index is 0.132. The normalized spacial score (nSPS) is 20.1. The quantitative estimate of drug-likeness (QED) is 0.842. The topological polar surface area (TPSA) is 29.5 Å². The molecule has 0 N–H and O–H groups in total. The van der Waals surface area contributed by atoms with Gasteiger partial charge in [0.15, 0.2) is 0 Å². The second-order valence-electron chi connectivity index (χ2n) is 6.04. The number of fused-ring (bicyclic) bond motifs is 2. The van der Waals surface area contributed by atoms with Crippen LogP contribution in [-0.4, -0.2) is 30.5 Å². The van der Waals surface area contributed by atoms with Gasteiger partial charge < -0.3 is 9.64 Å². The molecule has 0 aliphatic carbocycles. The number of carbonyl (C=O) groups excluding carboxylic acids is 1. The van der Waals surface area contributed by atoms with E-state index in [1.54, 1.807) is 11.3 Å². The van der Waals surface area contributed by atoms with Crippen LogP contribution in [0.4, 0.5) is 0 Å². The number of hydrogen-bond acceptors (Lipinski definition) is 4. The zero-order valence-corrected chi connectivity index (χ0v) is 14.0. The summed E-state index contributed by atoms with van der Waals surface area (Å²) in [5.74, 6) is 0.245. The second kappa shape index (κ2) is 5.80. The van der Waals surface area contributed by atoms with Crippen LogP contribution < -0.4 is 0 Å². The average Bonchev–Trinajstić information content (AvgIpc) is 3.20. The minimum Gasteiger partial charge on any atom is -0.370 e. The molecule has 0 bridgehead atoms. The standard InChI is InChI=1S/C17H19NO2S2/c19-16(11-13-2-9-21-12-13)18-6-4-17(5-7-18)14-3-10-22-15(14)1-8-20-17/h2-3,9-10,12H,1,4-8,11H2. The van der Waals surface area contributed by atoms with Crippen molar-refractivity contribution >= 4 is 28.6 Å². The maximum absolute atomic E-state index is 12.4. The van der Waals surface area contributed by atoms with Gasteiger partial charge in [-0.1, -0.05) is 0 Å². The van der Waals surface area contributed by atoms with E-state index in [1.165, 1.54) is 10.4 Å². The van der Waals surface area contributed by atoms with E-state index in [0.717, 1.165) is 44.5 Å². The van der Waals surface area contributed by atoms with Crippen LogP contribution in [0.1, 0.15) is 28.8 Å². The van der Waals surface area contributed by atoms with Crippen LogP contribution in [0.5, 0.6) is 0 Å². The minimum atomic E-state index is -0.132. The molecule has 0 saturated carbocycles. The van der Waals surface area contributed by atoms with Crippen LogP contribution in [0.25, 0.3) is 0 Å². The number of likely N-dealkylation sites (tertiary alicyclic amines) is 1. The molecule has 5 heteroatoms. The Morgan fingerprint density at radius 2 is 2.14 bits per heavy atom. The third kappa shape index (κ3) is 2.51. The molecule has 1 saturated heterocycles. The molecule has 2 aromatic rings. The first-order chi connectivity index (χ1) is 10.8. The molecule has 4 heterocycles. The lowest BCUT2D eigenvalue weighted by atomic mass is 9.82. The van der Waals surface area contributed by atoms with Gasteiger partial charge in [0.1, 0.15) is 0 Å². The molecule has 1 fully saturated rings. The second-order valence-corrected chi connectivity index (χ2v) is 7.82. The third-order valence-corrected chi connectivity index (χ3v) is 6.52. The Labute approximate surface area is 138 Å². The summed E-state index contributed by atoms with van der Waals surface area (Å²) in [7, 11) is 0. The first-order valence-electron chi connectivity index (χ1n) is 7.76. The summed E-state index contributed by atoms with van der Waals surface area (Å²) >= 11 is 3.49. The molecule has 2 aliphatic rings. The van der Waals surface area contributed by atoms with E-state index in [4.69, 9.17) is 4.74 Å². The fourth-order valence-corrected chi connectivity index (χ4v) is 5.19. The molecule has 22 heavy (non-hydrogen) atoms. The number of carbonyl (C=O) groups is 1. The molecule has 1 spiro atoms. The molecule has 0 unspecified atom stereocenters. The van der Waals surface area contributed by atoms with Gasteiger partial charge in [-0.15, -0.1) is 11.3 Å². The molecule has 116 valence electrons. The molecule has 0 atom stereocenters. The summed E-state index contributed by atoms with van der Waals surface area (Å²) in [5.41, 5.74) is 2.38. The fraction of sp³-hybridized carbons (Fsp3) is 0.471. The molecule has 4 rings (SSSR count). The Hall–Kier alpha value is -1.17. The summed E-state index contributed by atoms with van der Waals surface area (Å²) in [6, 6.07) is 4.26. The van der Waals surface area contributed by atoms with Crippen LogP contribution in [-0.2, 0) is 28.0 Å². The SMILES string of the molecule is O=C(Cc1ccsc1)N1CCC2(CC1)OCCc1sccc12. The Balaban J connectivity index is 1.44. The monoisotopic (exact) mass is 333 g/mol. The van der Waals surface area contributed by atoms with Gasteiger partial charge in [-0.05, 0) is 52.2 Å². The highest BCUT2D eigenvalue weighted by Crippen LogP contribution is 2.43. The molecule has 0 aromatic carbocycles. The lowest BCUT2D eigenvalue weighted by Crippen LogP contribution is -2.48. The average molecular weight is 333 g/mol. The maximum atomic E-state index is 12.4. The number of ether oxygens (including phenoxy) is 1. The molecule has 2 aromatic heterocycles. The number of hydrogen-bond donors (Lipinski definition) is 0. The van der Waals surface area contributed by atoms with Gasteiger partial charge in [0.2, 0.25) is 5.91 Å². The van der Waals surface area contributed by atoms with Crippen molar-refractivity contribution in [3.8, 4) is 0 Å². The summed E-state index contributed by atoms with van der Waals surface area (Å²) < 4.78 is 6.20. The number of rotatable bonds is 2. The summed E-state index contributed by atoms with van der Waals surface area (Å²) in [4.78, 5) is 15.9. The van der Waals surface area contributed by atoms with Gasteiger partial charge in [-0.25, -0.2) is 0 Å². The number of nitrogens with zero attached hydrogens (tertiary/aromatic N) is 1. The van der Waals surface area contributed by atoms with E-state index < -0.39 is 0 Å². The van der Waals surface area contributed by atoms with Crippen LogP contribution >= 0.6 is 22.7 Å². The van der Waals surface area contributed by atoms with E-state index in [1.807, 2.05) is 27.7 Å². The maximum Gasteiger partial charge on any atom is 0.227 e. The van der Waals surface area contributed by atoms with Crippen molar-refractivity contribution in [1.29, 1.82) is 0 Å². The molecule has 0 radical (unpaired) electrons. The Bertz CT molecular complexity index is 654. The largest absolute Gasteiger partial charge is 0.370 e. The van der Waals surface area contributed by atoms with Crippen molar-refractivity contribution in [3.63, 3.8) is 0 Å². The fourth-order valence-electron chi connectivity index (χ4n) is 3.57. The highest BCUT2D eigenvalue weighted by atomic mass is 32.1. The lowest BCUT2D eigenvalue weighted by molar-refractivity contribution is -0.139. The Morgan fingerprint density at radius 1 is 1.27 bits per heavy atom. The van der Waals surface area contributed by atoms with Crippen LogP contribution in [0.15, 0.2) is 28.3 Å². The van der Waals surface area contributed by atoms with Crippen LogP contribution in [0.2, 0.25) is 0 Å². The molecule has 1 amide bonds. The van der Waals surface area contributed by atoms with Crippen molar-refractivity contribution < 1.29 is 9.53 Å². The van der Waals surface area contributed by atoms with Gasteiger partial charge in [0.25, 0.3) is 0 Å². The summed E-state index contributed by atoms with van der Waals surface area (Å²) in [5, 5.41) is 6.27. The van der Waals surface area contributed by atoms with Crippen molar-refractivity contribution in [2.24, 2.45) is 0 Å². The number of amides is 1. The summed E-state index contributed by atoms with van der Waals surface area (Å²) in [6.45, 7) is 2.42. The van der Waals surface area contributed by atoms with E-state index in [2.05, 4.69) is 16.8 Å². The van der Waals surface area contributed by atoms with Crippen molar-refractivity contribution in [2.75, 3.05) is 19.7 Å². The Kier molecular flexibility index (Phi) is 3.80. The van der Waals surface area contributed by atoms with Gasteiger partial charge in [0.05, 0.1) is 18.6 Å². The molecule has 2 aliphatic heterocycles. The molecular weight excluding hydrogens is 314 g/mol. The Morgan fingerprint density at radius 3 is 2.91 bits per heavy atom. The highest BCUT2D eigenvalue weighted by molar-refractivity contribution is 7.10. The van der Waals surface area contributed by atoms with E-state index in [-0.39, 0.29) is 11.5 Å². The summed E-state index contributed by atoms with van der Waals surface area (Å²) in [6.07, 6.45) is 3.41. The molecular formula is C17H19NO2S2. The van der Waals surface area contributed by atoms with E-state index in [9.17, 15) is 4.79 Å². The predicted molar refractivity (Wildman–Crippen MR) is 89.5 cm³/mol. The van der Waals surface area contributed by atoms with E-state index >= 15 is 0 Å². The highest BCUT2D eigenvalue weighted by Gasteiger charge is 2.42. The van der Waals surface area contributed by atoms with Crippen molar-refractivity contribution in [3.05, 3.63) is 44.3 Å².